The van der Waals surface area contributed by atoms with E-state index in [1.165, 1.54) is 11.1 Å². The number of rotatable bonds is 0. The lowest BCUT2D eigenvalue weighted by Gasteiger charge is -2.02. The topological polar surface area (TPSA) is 25.8 Å². The Kier molecular flexibility index (Phi) is 0.926. The molecule has 10 heavy (non-hydrogen) atoms. The van der Waals surface area contributed by atoms with E-state index in [9.17, 15) is 0 Å². The summed E-state index contributed by atoms with van der Waals surface area (Å²) in [6.07, 6.45) is 0. The van der Waals surface area contributed by atoms with Gasteiger partial charge < -0.3 is 0 Å². The third-order valence-corrected chi connectivity index (χ3v) is 1.74. The maximum absolute atomic E-state index is 4.03. The van der Waals surface area contributed by atoms with Crippen LogP contribution in [0, 0.1) is 13.8 Å². The average molecular weight is 132 g/mol. The van der Waals surface area contributed by atoms with Gasteiger partial charge in [-0.1, -0.05) is 0 Å². The van der Waals surface area contributed by atoms with Crippen molar-refractivity contribution in [1.82, 2.24) is 10.2 Å². The third-order valence-electron chi connectivity index (χ3n) is 1.74. The summed E-state index contributed by atoms with van der Waals surface area (Å²) in [7, 11) is 0. The van der Waals surface area contributed by atoms with Gasteiger partial charge in [0.2, 0.25) is 0 Å². The minimum Gasteiger partial charge on any atom is -0.151 e. The van der Waals surface area contributed by atoms with Gasteiger partial charge in [-0.25, -0.2) is 0 Å². The highest BCUT2D eigenvalue weighted by molar-refractivity contribution is 5.68. The van der Waals surface area contributed by atoms with E-state index in [-0.39, 0.29) is 0 Å². The quantitative estimate of drug-likeness (QED) is 0.545. The highest BCUT2D eigenvalue weighted by atomic mass is 15.1. The Hall–Kier alpha value is -1.18. The molecule has 2 nitrogen and oxygen atoms in total. The number of aromatic nitrogens is 2. The maximum atomic E-state index is 4.03. The standard InChI is InChI=1S/C8H8N2/c1-5-3-7-4-6(2)8(5)10-9-7/h3-4H,1-2H3. The molecule has 2 aromatic heterocycles. The fourth-order valence-corrected chi connectivity index (χ4v) is 1.26. The Morgan fingerprint density at radius 1 is 1.00 bits per heavy atom. The number of hydrogen-bond acceptors (Lipinski definition) is 2. The number of aryl methyl sites for hydroxylation is 2. The zero-order valence-electron chi connectivity index (χ0n) is 6.05. The van der Waals surface area contributed by atoms with E-state index in [2.05, 4.69) is 36.2 Å². The van der Waals surface area contributed by atoms with Crippen LogP contribution in [0.4, 0.5) is 0 Å². The monoisotopic (exact) mass is 132 g/mol. The van der Waals surface area contributed by atoms with Crippen molar-refractivity contribution in [2.24, 2.45) is 0 Å². The molecule has 0 N–H and O–H groups in total. The lowest BCUT2D eigenvalue weighted by molar-refractivity contribution is 1.07. The van der Waals surface area contributed by atoms with E-state index in [4.69, 9.17) is 0 Å². The van der Waals surface area contributed by atoms with Crippen LogP contribution in [0.25, 0.3) is 11.0 Å². The lowest BCUT2D eigenvalue weighted by Crippen LogP contribution is -1.92. The summed E-state index contributed by atoms with van der Waals surface area (Å²) >= 11 is 0. The molecule has 0 saturated heterocycles. The van der Waals surface area contributed by atoms with Gasteiger partial charge in [0.25, 0.3) is 0 Å². The molecule has 0 fully saturated rings. The largest absolute Gasteiger partial charge is 0.151 e. The molecule has 3 aromatic rings. The highest BCUT2D eigenvalue weighted by Crippen LogP contribution is 2.16. The molecule has 1 aromatic carbocycles. The first-order chi connectivity index (χ1) is 4.77. The summed E-state index contributed by atoms with van der Waals surface area (Å²) in [5.41, 5.74) is 4.47. The van der Waals surface area contributed by atoms with Crippen molar-refractivity contribution in [3.05, 3.63) is 23.3 Å². The fraction of sp³-hybridized carbons (Fsp3) is 0.250. The van der Waals surface area contributed by atoms with Gasteiger partial charge >= 0.3 is 0 Å². The SMILES string of the molecule is Cc1cc2cc(C)c1nn2. The lowest BCUT2D eigenvalue weighted by atomic mass is 10.1. The second-order valence-corrected chi connectivity index (χ2v) is 2.63. The Balaban J connectivity index is 2.97. The minimum absolute atomic E-state index is 0.977. The molecular weight excluding hydrogens is 124 g/mol. The van der Waals surface area contributed by atoms with Crippen LogP contribution in [0.15, 0.2) is 12.1 Å². The molecule has 0 atom stereocenters. The summed E-state index contributed by atoms with van der Waals surface area (Å²) in [5, 5.41) is 7.98. The average Bonchev–Trinajstić information content (AvgIpc) is 1.86. The van der Waals surface area contributed by atoms with Crippen molar-refractivity contribution in [3.63, 3.8) is 0 Å². The van der Waals surface area contributed by atoms with Crippen LogP contribution in [-0.4, -0.2) is 10.2 Å². The second-order valence-electron chi connectivity index (χ2n) is 2.63. The molecule has 0 aliphatic heterocycles. The van der Waals surface area contributed by atoms with Crippen LogP contribution in [0.2, 0.25) is 0 Å². The van der Waals surface area contributed by atoms with E-state index < -0.39 is 0 Å². The first kappa shape index (κ1) is 5.59. The molecule has 2 heteroatoms. The first-order valence-corrected chi connectivity index (χ1v) is 3.30. The van der Waals surface area contributed by atoms with E-state index in [0.717, 1.165) is 11.0 Å². The molecule has 0 aliphatic carbocycles. The number of benzene rings is 1. The number of nitrogens with zero attached hydrogens (tertiary/aromatic N) is 2. The minimum atomic E-state index is 0.977. The molecule has 0 saturated carbocycles. The van der Waals surface area contributed by atoms with Crippen LogP contribution in [0.5, 0.6) is 0 Å². The summed E-state index contributed by atoms with van der Waals surface area (Å²) in [6.45, 7) is 4.12. The predicted octanol–water partition coefficient (Wildman–Crippen LogP) is 1.68. The van der Waals surface area contributed by atoms with E-state index >= 15 is 0 Å². The molecule has 0 spiro atoms. The summed E-state index contributed by atoms with van der Waals surface area (Å²) in [6, 6.07) is 4.10. The molecular formula is C8H8N2. The molecule has 3 rings (SSSR count). The Bertz CT molecular complexity index is 328. The van der Waals surface area contributed by atoms with E-state index in [1.54, 1.807) is 0 Å². The van der Waals surface area contributed by atoms with Gasteiger partial charge in [0.05, 0.1) is 11.0 Å². The van der Waals surface area contributed by atoms with Crippen LogP contribution in [-0.2, 0) is 0 Å². The van der Waals surface area contributed by atoms with Crippen molar-refractivity contribution in [3.8, 4) is 0 Å². The Morgan fingerprint density at radius 2 is 1.60 bits per heavy atom. The summed E-state index contributed by atoms with van der Waals surface area (Å²) in [5.74, 6) is 0. The van der Waals surface area contributed by atoms with Crippen LogP contribution >= 0.6 is 0 Å². The second kappa shape index (κ2) is 1.66. The normalized spacial score (nSPS) is 11.0. The Labute approximate surface area is 59.2 Å². The summed E-state index contributed by atoms with van der Waals surface area (Å²) < 4.78 is 0. The third kappa shape index (κ3) is 0.588. The van der Waals surface area contributed by atoms with Gasteiger partial charge in [0.1, 0.15) is 0 Å². The molecule has 0 radical (unpaired) electrons. The van der Waals surface area contributed by atoms with Gasteiger partial charge in [-0.15, -0.1) is 0 Å². The molecule has 2 bridgehead atoms. The summed E-state index contributed by atoms with van der Waals surface area (Å²) in [4.78, 5) is 0. The zero-order valence-corrected chi connectivity index (χ0v) is 6.05. The van der Waals surface area contributed by atoms with E-state index in [0.29, 0.717) is 0 Å². The number of hydrogen-bond donors (Lipinski definition) is 0. The van der Waals surface area contributed by atoms with Crippen molar-refractivity contribution < 1.29 is 0 Å². The maximum Gasteiger partial charge on any atom is 0.0916 e. The van der Waals surface area contributed by atoms with Gasteiger partial charge in [0.15, 0.2) is 0 Å². The molecule has 0 aliphatic rings. The molecule has 0 unspecified atom stereocenters. The molecule has 0 amide bonds. The van der Waals surface area contributed by atoms with Crippen LogP contribution < -0.4 is 0 Å². The molecule has 50 valence electrons. The van der Waals surface area contributed by atoms with Crippen molar-refractivity contribution in [2.45, 2.75) is 13.8 Å². The predicted molar refractivity (Wildman–Crippen MR) is 40.2 cm³/mol. The Morgan fingerprint density at radius 3 is 1.90 bits per heavy atom. The fourth-order valence-electron chi connectivity index (χ4n) is 1.26. The van der Waals surface area contributed by atoms with Crippen molar-refractivity contribution in [1.29, 1.82) is 0 Å². The van der Waals surface area contributed by atoms with Gasteiger partial charge in [-0.3, -0.25) is 0 Å². The molecule has 2 heterocycles. The zero-order chi connectivity index (χ0) is 7.14. The van der Waals surface area contributed by atoms with Crippen LogP contribution in [0.3, 0.4) is 0 Å². The highest BCUT2D eigenvalue weighted by Gasteiger charge is 2.01. The first-order valence-electron chi connectivity index (χ1n) is 3.30. The van der Waals surface area contributed by atoms with Gasteiger partial charge in [-0.2, -0.15) is 10.2 Å². The van der Waals surface area contributed by atoms with Crippen molar-refractivity contribution in [2.75, 3.05) is 0 Å². The van der Waals surface area contributed by atoms with Gasteiger partial charge in [0, 0.05) is 0 Å². The van der Waals surface area contributed by atoms with Gasteiger partial charge in [-0.05, 0) is 37.1 Å². The van der Waals surface area contributed by atoms with E-state index in [1.807, 2.05) is 0 Å². The van der Waals surface area contributed by atoms with Crippen LogP contribution in [0.1, 0.15) is 11.1 Å². The van der Waals surface area contributed by atoms with Crippen molar-refractivity contribution >= 4 is 11.0 Å². The number of fused-ring (bicyclic) bond motifs is 3. The smallest absolute Gasteiger partial charge is 0.0916 e.